The van der Waals surface area contributed by atoms with Crippen LogP contribution in [-0.2, 0) is 0 Å². The molecule has 1 aliphatic rings. The molecule has 0 aromatic heterocycles. The van der Waals surface area contributed by atoms with E-state index in [9.17, 15) is 5.26 Å². The highest BCUT2D eigenvalue weighted by Gasteiger charge is 2.24. The Hall–Kier alpha value is -1.38. The molecule has 1 unspecified atom stereocenters. The summed E-state index contributed by atoms with van der Waals surface area (Å²) in [6.07, 6.45) is 0.905. The number of thioether (sulfide) groups is 1. The Morgan fingerprint density at radius 2 is 2.05 bits per heavy atom. The molecular formula is C16H22N2O2S. The average Bonchev–Trinajstić information content (AvgIpc) is 2.69. The molecule has 0 amide bonds. The molecule has 1 heterocycles. The van der Waals surface area contributed by atoms with E-state index in [2.05, 4.69) is 11.4 Å². The average molecular weight is 306 g/mol. The van der Waals surface area contributed by atoms with Gasteiger partial charge in [-0.1, -0.05) is 0 Å². The topological polar surface area (TPSA) is 54.3 Å². The van der Waals surface area contributed by atoms with Crippen LogP contribution in [0.4, 0.5) is 0 Å². The molecule has 21 heavy (non-hydrogen) atoms. The van der Waals surface area contributed by atoms with E-state index in [-0.39, 0.29) is 6.04 Å². The molecule has 0 bridgehead atoms. The summed E-state index contributed by atoms with van der Waals surface area (Å²) in [6, 6.07) is 8.61. The molecule has 114 valence electrons. The second kappa shape index (κ2) is 7.06. The maximum absolute atomic E-state index is 9.37. The Bertz CT molecular complexity index is 527. The predicted molar refractivity (Wildman–Crippen MR) is 85.1 cm³/mol. The van der Waals surface area contributed by atoms with Crippen LogP contribution < -0.4 is 14.8 Å². The minimum Gasteiger partial charge on any atom is -0.490 e. The van der Waals surface area contributed by atoms with Gasteiger partial charge in [-0.2, -0.15) is 5.26 Å². The summed E-state index contributed by atoms with van der Waals surface area (Å²) >= 11 is 1.65. The fourth-order valence-corrected chi connectivity index (χ4v) is 3.16. The highest BCUT2D eigenvalue weighted by molar-refractivity contribution is 7.99. The first-order chi connectivity index (χ1) is 10.0. The molecule has 0 aliphatic carbocycles. The van der Waals surface area contributed by atoms with E-state index in [4.69, 9.17) is 9.47 Å². The number of nitriles is 1. The van der Waals surface area contributed by atoms with Crippen molar-refractivity contribution in [2.45, 2.75) is 43.7 Å². The summed E-state index contributed by atoms with van der Waals surface area (Å²) in [6.45, 7) is 7.42. The van der Waals surface area contributed by atoms with Crippen LogP contribution in [-0.4, -0.2) is 30.5 Å². The van der Waals surface area contributed by atoms with Crippen LogP contribution in [0.25, 0.3) is 0 Å². The zero-order valence-electron chi connectivity index (χ0n) is 12.8. The zero-order valence-corrected chi connectivity index (χ0v) is 13.6. The first-order valence-electron chi connectivity index (χ1n) is 7.24. The van der Waals surface area contributed by atoms with Crippen LogP contribution in [0.1, 0.15) is 27.2 Å². The van der Waals surface area contributed by atoms with E-state index >= 15 is 0 Å². The normalized spacial score (nSPS) is 16.9. The van der Waals surface area contributed by atoms with Gasteiger partial charge in [0.25, 0.3) is 0 Å². The van der Waals surface area contributed by atoms with E-state index in [0.717, 1.165) is 22.8 Å². The summed E-state index contributed by atoms with van der Waals surface area (Å²) in [5.74, 6) is 2.29. The number of ether oxygens (including phenoxy) is 2. The van der Waals surface area contributed by atoms with E-state index in [1.54, 1.807) is 11.8 Å². The number of fused-ring (bicyclic) bond motifs is 1. The number of nitrogens with one attached hydrogen (secondary N) is 1. The first kappa shape index (κ1) is 16.0. The number of hydrogen-bond donors (Lipinski definition) is 1. The summed E-state index contributed by atoms with van der Waals surface area (Å²) in [4.78, 5) is 1.09. The molecule has 1 aliphatic heterocycles. The lowest BCUT2D eigenvalue weighted by molar-refractivity contribution is 0.297. The monoisotopic (exact) mass is 306 g/mol. The molecule has 4 nitrogen and oxygen atoms in total. The van der Waals surface area contributed by atoms with Gasteiger partial charge in [0.05, 0.1) is 19.3 Å². The van der Waals surface area contributed by atoms with Crippen LogP contribution >= 0.6 is 11.8 Å². The Kier molecular flexibility index (Phi) is 5.38. The molecular weight excluding hydrogens is 284 g/mol. The van der Waals surface area contributed by atoms with Crippen molar-refractivity contribution in [3.8, 4) is 17.6 Å². The lowest BCUT2D eigenvalue weighted by Crippen LogP contribution is -2.47. The highest BCUT2D eigenvalue weighted by atomic mass is 32.2. The quantitative estimate of drug-likeness (QED) is 0.847. The van der Waals surface area contributed by atoms with Crippen molar-refractivity contribution in [2.24, 2.45) is 0 Å². The van der Waals surface area contributed by atoms with E-state index < -0.39 is 5.54 Å². The Morgan fingerprint density at radius 1 is 1.33 bits per heavy atom. The third-order valence-electron chi connectivity index (χ3n) is 3.10. The molecule has 0 radical (unpaired) electrons. The second-order valence-electron chi connectivity index (χ2n) is 5.69. The zero-order chi connectivity index (χ0) is 15.3. The summed E-state index contributed by atoms with van der Waals surface area (Å²) in [5.41, 5.74) is -0.539. The predicted octanol–water partition coefficient (Wildman–Crippen LogP) is 3.22. The highest BCUT2D eigenvalue weighted by Crippen LogP contribution is 2.34. The third kappa shape index (κ3) is 4.55. The lowest BCUT2D eigenvalue weighted by Gasteiger charge is -2.25. The molecule has 1 atom stereocenters. The van der Waals surface area contributed by atoms with Gasteiger partial charge in [0.2, 0.25) is 0 Å². The van der Waals surface area contributed by atoms with Crippen molar-refractivity contribution in [3.05, 3.63) is 18.2 Å². The fourth-order valence-electron chi connectivity index (χ4n) is 2.20. The molecule has 0 saturated carbocycles. The van der Waals surface area contributed by atoms with Gasteiger partial charge < -0.3 is 9.47 Å². The van der Waals surface area contributed by atoms with E-state index in [1.807, 2.05) is 39.0 Å². The van der Waals surface area contributed by atoms with E-state index in [1.165, 1.54) is 0 Å². The molecule has 1 aromatic carbocycles. The van der Waals surface area contributed by atoms with Gasteiger partial charge in [0.15, 0.2) is 11.5 Å². The van der Waals surface area contributed by atoms with Crippen LogP contribution in [0.2, 0.25) is 0 Å². The molecule has 0 spiro atoms. The lowest BCUT2D eigenvalue weighted by atomic mass is 10.1. The molecule has 2 rings (SSSR count). The van der Waals surface area contributed by atoms with Gasteiger partial charge in [-0.05, 0) is 39.0 Å². The van der Waals surface area contributed by atoms with Crippen LogP contribution in [0.15, 0.2) is 23.1 Å². The van der Waals surface area contributed by atoms with Crippen LogP contribution in [0.5, 0.6) is 11.5 Å². The van der Waals surface area contributed by atoms with Crippen molar-refractivity contribution in [1.82, 2.24) is 5.32 Å². The number of rotatable bonds is 5. The second-order valence-corrected chi connectivity index (χ2v) is 6.74. The summed E-state index contributed by atoms with van der Waals surface area (Å²) in [5, 5.41) is 12.7. The first-order valence-corrected chi connectivity index (χ1v) is 8.22. The van der Waals surface area contributed by atoms with Crippen LogP contribution in [0.3, 0.4) is 0 Å². The molecule has 5 heteroatoms. The minimum absolute atomic E-state index is 0.277. The molecule has 0 saturated heterocycles. The maximum atomic E-state index is 9.37. The molecule has 0 fully saturated rings. The SMILES string of the molecule is CC(C)NC(C)(C#N)CSc1ccc2c(c1)OCCCO2. The standard InChI is InChI=1S/C16H22N2O2S/c1-12(2)18-16(3,10-17)11-21-13-5-6-14-15(9-13)20-8-4-7-19-14/h5-6,9,12,18H,4,7-8,11H2,1-3H3. The minimum atomic E-state index is -0.539. The van der Waals surface area contributed by atoms with Gasteiger partial charge >= 0.3 is 0 Å². The fraction of sp³-hybridized carbons (Fsp3) is 0.562. The molecule has 1 N–H and O–H groups in total. The van der Waals surface area contributed by atoms with Crippen LogP contribution in [0, 0.1) is 11.3 Å². The van der Waals surface area contributed by atoms with Gasteiger partial charge in [-0.3, -0.25) is 5.32 Å². The Morgan fingerprint density at radius 3 is 2.71 bits per heavy atom. The van der Waals surface area contributed by atoms with Crippen molar-refractivity contribution in [1.29, 1.82) is 5.26 Å². The Balaban J connectivity index is 2.03. The van der Waals surface area contributed by atoms with Crippen molar-refractivity contribution >= 4 is 11.8 Å². The van der Waals surface area contributed by atoms with Crippen molar-refractivity contribution in [3.63, 3.8) is 0 Å². The number of benzene rings is 1. The summed E-state index contributed by atoms with van der Waals surface area (Å²) in [7, 11) is 0. The number of hydrogen-bond acceptors (Lipinski definition) is 5. The van der Waals surface area contributed by atoms with Crippen molar-refractivity contribution < 1.29 is 9.47 Å². The largest absolute Gasteiger partial charge is 0.490 e. The smallest absolute Gasteiger partial charge is 0.162 e. The molecule has 1 aromatic rings. The van der Waals surface area contributed by atoms with E-state index in [0.29, 0.717) is 19.0 Å². The maximum Gasteiger partial charge on any atom is 0.162 e. The van der Waals surface area contributed by atoms with Gasteiger partial charge in [0.1, 0.15) is 5.54 Å². The van der Waals surface area contributed by atoms with Gasteiger partial charge in [0, 0.05) is 23.1 Å². The summed E-state index contributed by atoms with van der Waals surface area (Å²) < 4.78 is 11.3. The number of nitrogens with zero attached hydrogens (tertiary/aromatic N) is 1. The van der Waals surface area contributed by atoms with Gasteiger partial charge in [-0.15, -0.1) is 11.8 Å². The van der Waals surface area contributed by atoms with Gasteiger partial charge in [-0.25, -0.2) is 0 Å². The van der Waals surface area contributed by atoms with Crippen molar-refractivity contribution in [2.75, 3.05) is 19.0 Å². The Labute approximate surface area is 130 Å². The third-order valence-corrected chi connectivity index (χ3v) is 4.41.